The van der Waals surface area contributed by atoms with E-state index in [0.717, 1.165) is 0 Å². The molecule has 16 heavy (non-hydrogen) atoms. The van der Waals surface area contributed by atoms with E-state index in [-0.39, 0.29) is 6.54 Å². The highest BCUT2D eigenvalue weighted by Gasteiger charge is 2.38. The van der Waals surface area contributed by atoms with Crippen molar-refractivity contribution in [3.63, 3.8) is 0 Å². The second-order valence-corrected chi connectivity index (χ2v) is 4.30. The number of alkyl halides is 1. The van der Waals surface area contributed by atoms with E-state index in [4.69, 9.17) is 5.73 Å². The maximum atomic E-state index is 13.6. The van der Waals surface area contributed by atoms with Crippen molar-refractivity contribution in [2.45, 2.75) is 25.1 Å². The SMILES string of the molecule is CC1(O)CCN(c2nccc(N)n2)C[C@@H]1F. The molecule has 1 aromatic rings. The smallest absolute Gasteiger partial charge is 0.227 e. The summed E-state index contributed by atoms with van der Waals surface area (Å²) in [5.74, 6) is 0.774. The van der Waals surface area contributed by atoms with E-state index in [9.17, 15) is 9.50 Å². The van der Waals surface area contributed by atoms with Gasteiger partial charge in [0.25, 0.3) is 0 Å². The predicted octanol–water partition coefficient (Wildman–Crippen LogP) is 0.358. The number of nitrogens with zero attached hydrogens (tertiary/aromatic N) is 3. The Morgan fingerprint density at radius 2 is 2.44 bits per heavy atom. The summed E-state index contributed by atoms with van der Waals surface area (Å²) in [6.07, 6.45) is 0.593. The molecule has 0 aromatic carbocycles. The summed E-state index contributed by atoms with van der Waals surface area (Å²) in [5.41, 5.74) is 4.28. The van der Waals surface area contributed by atoms with Crippen LogP contribution in [0.25, 0.3) is 0 Å². The lowest BCUT2D eigenvalue weighted by Gasteiger charge is -2.38. The fraction of sp³-hybridized carbons (Fsp3) is 0.600. The Balaban J connectivity index is 2.14. The summed E-state index contributed by atoms with van der Waals surface area (Å²) in [4.78, 5) is 9.75. The summed E-state index contributed by atoms with van der Waals surface area (Å²) >= 11 is 0. The normalized spacial score (nSPS) is 30.4. The zero-order valence-electron chi connectivity index (χ0n) is 9.10. The standard InChI is InChI=1S/C10H15FN4O/c1-10(16)3-5-15(6-7(10)11)9-13-4-2-8(12)14-9/h2,4,7,16H,3,5-6H2,1H3,(H2,12,13,14)/t7-,10?/m0/s1. The number of hydrogen-bond donors (Lipinski definition) is 2. The highest BCUT2D eigenvalue weighted by Crippen LogP contribution is 2.26. The van der Waals surface area contributed by atoms with Gasteiger partial charge in [-0.05, 0) is 19.4 Å². The van der Waals surface area contributed by atoms with Crippen molar-refractivity contribution in [3.8, 4) is 0 Å². The average molecular weight is 226 g/mol. The van der Waals surface area contributed by atoms with Gasteiger partial charge in [-0.1, -0.05) is 0 Å². The lowest BCUT2D eigenvalue weighted by Crippen LogP contribution is -2.52. The molecule has 6 heteroatoms. The Bertz CT molecular complexity index is 385. The molecule has 1 unspecified atom stereocenters. The summed E-state index contributed by atoms with van der Waals surface area (Å²) < 4.78 is 13.6. The first-order valence-electron chi connectivity index (χ1n) is 5.19. The minimum absolute atomic E-state index is 0.0937. The summed E-state index contributed by atoms with van der Waals surface area (Å²) in [7, 11) is 0. The molecular formula is C10H15FN4O. The van der Waals surface area contributed by atoms with Crippen LogP contribution in [0.3, 0.4) is 0 Å². The van der Waals surface area contributed by atoms with Crippen molar-refractivity contribution in [1.82, 2.24) is 9.97 Å². The van der Waals surface area contributed by atoms with E-state index >= 15 is 0 Å². The largest absolute Gasteiger partial charge is 0.387 e. The molecule has 3 N–H and O–H groups in total. The van der Waals surface area contributed by atoms with Crippen LogP contribution in [0.5, 0.6) is 0 Å². The first-order chi connectivity index (χ1) is 7.49. The van der Waals surface area contributed by atoms with E-state index in [1.54, 1.807) is 11.0 Å². The van der Waals surface area contributed by atoms with Gasteiger partial charge in [0.2, 0.25) is 5.95 Å². The molecule has 88 valence electrons. The van der Waals surface area contributed by atoms with Gasteiger partial charge in [-0.2, -0.15) is 4.98 Å². The van der Waals surface area contributed by atoms with Gasteiger partial charge in [-0.3, -0.25) is 0 Å². The summed E-state index contributed by atoms with van der Waals surface area (Å²) in [5, 5.41) is 9.70. The Hall–Kier alpha value is -1.43. The molecule has 1 aliphatic rings. The number of anilines is 2. The van der Waals surface area contributed by atoms with Gasteiger partial charge < -0.3 is 15.7 Å². The molecule has 0 radical (unpaired) electrons. The minimum atomic E-state index is -1.30. The lowest BCUT2D eigenvalue weighted by molar-refractivity contribution is -0.0332. The fourth-order valence-electron chi connectivity index (χ4n) is 1.70. The van der Waals surface area contributed by atoms with Crippen molar-refractivity contribution >= 4 is 11.8 Å². The van der Waals surface area contributed by atoms with Crippen molar-refractivity contribution in [1.29, 1.82) is 0 Å². The Morgan fingerprint density at radius 3 is 3.06 bits per heavy atom. The van der Waals surface area contributed by atoms with Crippen LogP contribution in [-0.2, 0) is 0 Å². The molecule has 1 fully saturated rings. The number of piperidine rings is 1. The molecule has 0 spiro atoms. The predicted molar refractivity (Wildman–Crippen MR) is 58.8 cm³/mol. The Morgan fingerprint density at radius 1 is 1.69 bits per heavy atom. The lowest BCUT2D eigenvalue weighted by atomic mass is 9.92. The van der Waals surface area contributed by atoms with E-state index < -0.39 is 11.8 Å². The molecular weight excluding hydrogens is 211 g/mol. The molecule has 2 heterocycles. The topological polar surface area (TPSA) is 75.3 Å². The summed E-state index contributed by atoms with van der Waals surface area (Å²) in [6.45, 7) is 2.13. The summed E-state index contributed by atoms with van der Waals surface area (Å²) in [6, 6.07) is 1.58. The Labute approximate surface area is 93.1 Å². The number of hydrogen-bond acceptors (Lipinski definition) is 5. The van der Waals surface area contributed by atoms with Gasteiger partial charge in [-0.25, -0.2) is 9.37 Å². The minimum Gasteiger partial charge on any atom is -0.387 e. The van der Waals surface area contributed by atoms with Crippen molar-refractivity contribution in [3.05, 3.63) is 12.3 Å². The van der Waals surface area contributed by atoms with Gasteiger partial charge in [0, 0.05) is 12.7 Å². The number of nitrogen functional groups attached to an aromatic ring is 1. The van der Waals surface area contributed by atoms with E-state index in [1.807, 2.05) is 0 Å². The third-order valence-electron chi connectivity index (χ3n) is 2.89. The van der Waals surface area contributed by atoms with E-state index in [1.165, 1.54) is 13.1 Å². The van der Waals surface area contributed by atoms with E-state index in [0.29, 0.717) is 24.7 Å². The van der Waals surface area contributed by atoms with Crippen LogP contribution in [0.15, 0.2) is 12.3 Å². The average Bonchev–Trinajstić information content (AvgIpc) is 2.22. The highest BCUT2D eigenvalue weighted by atomic mass is 19.1. The molecule has 1 aliphatic heterocycles. The molecule has 5 nitrogen and oxygen atoms in total. The maximum absolute atomic E-state index is 13.6. The molecule has 0 aliphatic carbocycles. The molecule has 0 amide bonds. The van der Waals surface area contributed by atoms with Crippen LogP contribution in [0.2, 0.25) is 0 Å². The quantitative estimate of drug-likeness (QED) is 0.723. The van der Waals surface area contributed by atoms with Gasteiger partial charge >= 0.3 is 0 Å². The van der Waals surface area contributed by atoms with Crippen LogP contribution in [0.1, 0.15) is 13.3 Å². The van der Waals surface area contributed by atoms with Crippen LogP contribution in [0, 0.1) is 0 Å². The van der Waals surface area contributed by atoms with Crippen LogP contribution in [0.4, 0.5) is 16.2 Å². The van der Waals surface area contributed by atoms with Crippen LogP contribution < -0.4 is 10.6 Å². The van der Waals surface area contributed by atoms with Crippen LogP contribution >= 0.6 is 0 Å². The second kappa shape index (κ2) is 3.86. The second-order valence-electron chi connectivity index (χ2n) is 4.30. The van der Waals surface area contributed by atoms with Crippen molar-refractivity contribution < 1.29 is 9.50 Å². The monoisotopic (exact) mass is 226 g/mol. The maximum Gasteiger partial charge on any atom is 0.227 e. The number of aromatic nitrogens is 2. The first kappa shape index (κ1) is 11.1. The molecule has 0 saturated carbocycles. The molecule has 2 atom stereocenters. The molecule has 1 aromatic heterocycles. The van der Waals surface area contributed by atoms with Gasteiger partial charge in [-0.15, -0.1) is 0 Å². The van der Waals surface area contributed by atoms with Gasteiger partial charge in [0.15, 0.2) is 0 Å². The fourth-order valence-corrected chi connectivity index (χ4v) is 1.70. The first-order valence-corrected chi connectivity index (χ1v) is 5.19. The number of aliphatic hydroxyl groups is 1. The number of halogens is 1. The number of nitrogens with two attached hydrogens (primary N) is 1. The Kier molecular flexibility index (Phi) is 2.67. The number of rotatable bonds is 1. The zero-order chi connectivity index (χ0) is 11.8. The highest BCUT2D eigenvalue weighted by molar-refractivity contribution is 5.38. The van der Waals surface area contributed by atoms with E-state index in [2.05, 4.69) is 9.97 Å². The van der Waals surface area contributed by atoms with Crippen molar-refractivity contribution in [2.24, 2.45) is 0 Å². The molecule has 2 rings (SSSR count). The molecule has 1 saturated heterocycles. The third kappa shape index (κ3) is 2.06. The third-order valence-corrected chi connectivity index (χ3v) is 2.89. The molecule has 0 bridgehead atoms. The van der Waals surface area contributed by atoms with Crippen molar-refractivity contribution in [2.75, 3.05) is 23.7 Å². The van der Waals surface area contributed by atoms with Crippen LogP contribution in [-0.4, -0.2) is 39.9 Å². The van der Waals surface area contributed by atoms with Gasteiger partial charge in [0.1, 0.15) is 12.0 Å². The van der Waals surface area contributed by atoms with Gasteiger partial charge in [0.05, 0.1) is 12.1 Å². The zero-order valence-corrected chi connectivity index (χ0v) is 9.10.